The first kappa shape index (κ1) is 12.3. The van der Waals surface area contributed by atoms with E-state index in [2.05, 4.69) is 23.7 Å². The van der Waals surface area contributed by atoms with Crippen LogP contribution in [0.4, 0.5) is 0 Å². The van der Waals surface area contributed by atoms with E-state index in [-0.39, 0.29) is 0 Å². The van der Waals surface area contributed by atoms with Crippen LogP contribution >= 0.6 is 22.9 Å². The average Bonchev–Trinajstić information content (AvgIpc) is 2.97. The zero-order chi connectivity index (χ0) is 12.5. The van der Waals surface area contributed by atoms with Gasteiger partial charge in [-0.1, -0.05) is 11.6 Å². The molecule has 0 radical (unpaired) electrons. The van der Waals surface area contributed by atoms with Crippen LogP contribution in [0.3, 0.4) is 0 Å². The summed E-state index contributed by atoms with van der Waals surface area (Å²) in [4.78, 5) is 0. The van der Waals surface area contributed by atoms with Crippen molar-refractivity contribution in [3.63, 3.8) is 0 Å². The van der Waals surface area contributed by atoms with Crippen LogP contribution in [-0.2, 0) is 6.42 Å². The van der Waals surface area contributed by atoms with E-state index in [1.807, 2.05) is 6.07 Å². The van der Waals surface area contributed by atoms with Gasteiger partial charge >= 0.3 is 0 Å². The van der Waals surface area contributed by atoms with E-state index >= 15 is 0 Å². The Morgan fingerprint density at radius 1 is 1.56 bits per heavy atom. The first-order valence-electron chi connectivity index (χ1n) is 6.30. The number of nitrogens with one attached hydrogen (secondary N) is 1. The Balaban J connectivity index is 1.74. The highest BCUT2D eigenvalue weighted by Crippen LogP contribution is 2.33. The molecule has 0 fully saturated rings. The molecule has 2 atom stereocenters. The Bertz CT molecular complexity index is 533. The van der Waals surface area contributed by atoms with Crippen molar-refractivity contribution in [1.29, 1.82) is 0 Å². The minimum atomic E-state index is 0.319. The molecule has 18 heavy (non-hydrogen) atoms. The summed E-state index contributed by atoms with van der Waals surface area (Å²) in [6.07, 6.45) is 5.24. The maximum atomic E-state index is 5.99. The highest BCUT2D eigenvalue weighted by molar-refractivity contribution is 7.14. The van der Waals surface area contributed by atoms with Crippen molar-refractivity contribution in [3.05, 3.63) is 45.0 Å². The van der Waals surface area contributed by atoms with E-state index in [9.17, 15) is 0 Å². The molecule has 1 N–H and O–H groups in total. The highest BCUT2D eigenvalue weighted by Gasteiger charge is 2.24. The van der Waals surface area contributed by atoms with Gasteiger partial charge in [0.2, 0.25) is 0 Å². The van der Waals surface area contributed by atoms with Crippen LogP contribution in [0.2, 0.25) is 4.34 Å². The number of hydrogen-bond acceptors (Lipinski definition) is 3. The van der Waals surface area contributed by atoms with Crippen molar-refractivity contribution in [1.82, 2.24) is 5.32 Å². The molecule has 0 aromatic carbocycles. The largest absolute Gasteiger partial charge is 0.469 e. The van der Waals surface area contributed by atoms with Gasteiger partial charge in [-0.15, -0.1) is 11.3 Å². The maximum absolute atomic E-state index is 5.99. The molecule has 2 nitrogen and oxygen atoms in total. The standard InChI is InChI=1S/C14H16ClNOS/c1-9(10-7-14(15)18-8-10)16-12-3-2-4-13-11(12)5-6-17-13/h5-9,12,16H,2-4H2,1H3. The van der Waals surface area contributed by atoms with Gasteiger partial charge in [0.15, 0.2) is 0 Å². The molecule has 2 aromatic heterocycles. The molecule has 1 aliphatic rings. The molecule has 0 saturated carbocycles. The van der Waals surface area contributed by atoms with Gasteiger partial charge < -0.3 is 9.73 Å². The zero-order valence-corrected chi connectivity index (χ0v) is 11.9. The fourth-order valence-corrected chi connectivity index (χ4v) is 3.59. The van der Waals surface area contributed by atoms with Crippen molar-refractivity contribution < 1.29 is 4.42 Å². The van der Waals surface area contributed by atoms with Gasteiger partial charge in [-0.3, -0.25) is 0 Å². The van der Waals surface area contributed by atoms with Gasteiger partial charge in [0.05, 0.1) is 10.6 Å². The lowest BCUT2D eigenvalue weighted by molar-refractivity contribution is 0.386. The van der Waals surface area contributed by atoms with E-state index in [0.717, 1.165) is 16.5 Å². The van der Waals surface area contributed by atoms with Crippen LogP contribution in [-0.4, -0.2) is 0 Å². The van der Waals surface area contributed by atoms with Crippen molar-refractivity contribution >= 4 is 22.9 Å². The van der Waals surface area contributed by atoms with E-state index in [0.29, 0.717) is 12.1 Å². The predicted octanol–water partition coefficient (Wildman–Crippen LogP) is 4.72. The number of fused-ring (bicyclic) bond motifs is 1. The topological polar surface area (TPSA) is 25.2 Å². The number of furan rings is 1. The minimum absolute atomic E-state index is 0.319. The van der Waals surface area contributed by atoms with E-state index < -0.39 is 0 Å². The average molecular weight is 282 g/mol. The zero-order valence-electron chi connectivity index (χ0n) is 10.3. The second-order valence-electron chi connectivity index (χ2n) is 4.82. The first-order valence-corrected chi connectivity index (χ1v) is 7.56. The summed E-state index contributed by atoms with van der Waals surface area (Å²) in [7, 11) is 0. The minimum Gasteiger partial charge on any atom is -0.469 e. The number of halogens is 1. The smallest absolute Gasteiger partial charge is 0.108 e. The fourth-order valence-electron chi connectivity index (χ4n) is 2.61. The maximum Gasteiger partial charge on any atom is 0.108 e. The van der Waals surface area contributed by atoms with Crippen LogP contribution in [0.15, 0.2) is 28.2 Å². The molecule has 2 unspecified atom stereocenters. The van der Waals surface area contributed by atoms with Crippen LogP contribution in [0, 0.1) is 0 Å². The molecule has 1 aliphatic carbocycles. The summed E-state index contributed by atoms with van der Waals surface area (Å²) >= 11 is 7.58. The summed E-state index contributed by atoms with van der Waals surface area (Å²) < 4.78 is 6.37. The normalized spacial score (nSPS) is 20.7. The van der Waals surface area contributed by atoms with Gasteiger partial charge in [0.25, 0.3) is 0 Å². The number of aryl methyl sites for hydroxylation is 1. The summed E-state index contributed by atoms with van der Waals surface area (Å²) in [6.45, 7) is 2.19. The Hall–Kier alpha value is -0.770. The molecule has 2 heterocycles. The number of hydrogen-bond donors (Lipinski definition) is 1. The van der Waals surface area contributed by atoms with Gasteiger partial charge in [-0.05, 0) is 42.8 Å². The summed E-state index contributed by atoms with van der Waals surface area (Å²) in [5, 5.41) is 5.80. The van der Waals surface area contributed by atoms with Gasteiger partial charge in [0, 0.05) is 24.1 Å². The molecular formula is C14H16ClNOS. The Morgan fingerprint density at radius 2 is 2.44 bits per heavy atom. The van der Waals surface area contributed by atoms with Crippen LogP contribution < -0.4 is 5.32 Å². The van der Waals surface area contributed by atoms with Gasteiger partial charge in [0.1, 0.15) is 5.76 Å². The second kappa shape index (κ2) is 5.08. The molecule has 0 spiro atoms. The molecule has 96 valence electrons. The lowest BCUT2D eigenvalue weighted by Gasteiger charge is -2.26. The second-order valence-corrected chi connectivity index (χ2v) is 6.36. The third-order valence-corrected chi connectivity index (χ3v) is 4.70. The number of thiophene rings is 1. The molecule has 0 bridgehead atoms. The molecule has 0 amide bonds. The van der Waals surface area contributed by atoms with E-state index in [1.54, 1.807) is 17.6 Å². The lowest BCUT2D eigenvalue weighted by atomic mass is 9.92. The van der Waals surface area contributed by atoms with Crippen LogP contribution in [0.1, 0.15) is 48.7 Å². The predicted molar refractivity (Wildman–Crippen MR) is 75.3 cm³/mol. The molecule has 0 saturated heterocycles. The van der Waals surface area contributed by atoms with Crippen molar-refractivity contribution in [2.75, 3.05) is 0 Å². The monoisotopic (exact) mass is 281 g/mol. The van der Waals surface area contributed by atoms with Gasteiger partial charge in [-0.25, -0.2) is 0 Å². The van der Waals surface area contributed by atoms with Crippen molar-refractivity contribution in [2.24, 2.45) is 0 Å². The molecule has 0 aliphatic heterocycles. The van der Waals surface area contributed by atoms with Crippen LogP contribution in [0.25, 0.3) is 0 Å². The lowest BCUT2D eigenvalue weighted by Crippen LogP contribution is -2.26. The van der Waals surface area contributed by atoms with Gasteiger partial charge in [-0.2, -0.15) is 0 Å². The quantitative estimate of drug-likeness (QED) is 0.880. The number of rotatable bonds is 3. The third kappa shape index (κ3) is 2.35. The SMILES string of the molecule is CC(NC1CCCc2occc21)c1csc(Cl)c1. The Kier molecular flexibility index (Phi) is 3.46. The summed E-state index contributed by atoms with van der Waals surface area (Å²) in [5.41, 5.74) is 2.59. The molecule has 4 heteroatoms. The first-order chi connectivity index (χ1) is 8.74. The molecule has 2 aromatic rings. The van der Waals surface area contributed by atoms with E-state index in [1.165, 1.54) is 24.0 Å². The molecular weight excluding hydrogens is 266 g/mol. The summed E-state index contributed by atoms with van der Waals surface area (Å²) in [6, 6.07) is 4.86. The van der Waals surface area contributed by atoms with Crippen molar-refractivity contribution in [3.8, 4) is 0 Å². The van der Waals surface area contributed by atoms with E-state index in [4.69, 9.17) is 16.0 Å². The Labute approximate surface area is 116 Å². The molecule has 3 rings (SSSR count). The Morgan fingerprint density at radius 3 is 3.22 bits per heavy atom. The fraction of sp³-hybridized carbons (Fsp3) is 0.429. The van der Waals surface area contributed by atoms with Crippen molar-refractivity contribution in [2.45, 2.75) is 38.3 Å². The highest BCUT2D eigenvalue weighted by atomic mass is 35.5. The van der Waals surface area contributed by atoms with Crippen LogP contribution in [0.5, 0.6) is 0 Å². The summed E-state index contributed by atoms with van der Waals surface area (Å²) in [5.74, 6) is 1.15. The third-order valence-electron chi connectivity index (χ3n) is 3.59.